The van der Waals surface area contributed by atoms with Crippen LogP contribution in [0.15, 0.2) is 17.0 Å². The predicted octanol–water partition coefficient (Wildman–Crippen LogP) is 2.32. The van der Waals surface area contributed by atoms with Crippen LogP contribution in [0.4, 0.5) is 4.39 Å². The van der Waals surface area contributed by atoms with E-state index in [0.717, 1.165) is 6.07 Å². The summed E-state index contributed by atoms with van der Waals surface area (Å²) < 4.78 is 40.3. The van der Waals surface area contributed by atoms with Gasteiger partial charge >= 0.3 is 0 Å². The number of hydrogen-bond acceptors (Lipinski definition) is 3. The fourth-order valence-corrected chi connectivity index (χ4v) is 2.01. The molecule has 0 spiro atoms. The van der Waals surface area contributed by atoms with Gasteiger partial charge in [0.15, 0.2) is 0 Å². The maximum Gasteiger partial charge on any atom is 0.261 e. The molecule has 0 saturated carbocycles. The Morgan fingerprint density at radius 2 is 2.07 bits per heavy atom. The molecular formula is C9H10ClFO3S. The summed E-state index contributed by atoms with van der Waals surface area (Å²) in [5, 5.41) is 0. The molecule has 0 N–H and O–H groups in total. The van der Waals surface area contributed by atoms with Gasteiger partial charge in [-0.05, 0) is 12.5 Å². The Kier molecular flexibility index (Phi) is 3.57. The highest BCUT2D eigenvalue weighted by Crippen LogP contribution is 2.28. The first-order valence-electron chi connectivity index (χ1n) is 4.21. The summed E-state index contributed by atoms with van der Waals surface area (Å²) in [6.07, 6.45) is 0.414. The van der Waals surface area contributed by atoms with E-state index >= 15 is 0 Å². The highest BCUT2D eigenvalue weighted by atomic mass is 35.7. The zero-order valence-corrected chi connectivity index (χ0v) is 9.82. The summed E-state index contributed by atoms with van der Waals surface area (Å²) in [4.78, 5) is -0.296. The standard InChI is InChI=1S/C9H10ClFO3S/c1-3-7-8(11)4-6(15(10,12)13)5-9(7)14-2/h4-5H,3H2,1-2H3. The third-order valence-corrected chi connectivity index (χ3v) is 3.32. The Morgan fingerprint density at radius 1 is 1.47 bits per heavy atom. The van der Waals surface area contributed by atoms with E-state index in [9.17, 15) is 12.8 Å². The first-order chi connectivity index (χ1) is 6.90. The fraction of sp³-hybridized carbons (Fsp3) is 0.333. The number of hydrogen-bond donors (Lipinski definition) is 0. The predicted molar refractivity (Wildman–Crippen MR) is 55.4 cm³/mol. The molecule has 0 aromatic heterocycles. The van der Waals surface area contributed by atoms with Gasteiger partial charge in [-0.15, -0.1) is 0 Å². The Hall–Kier alpha value is -0.810. The first kappa shape index (κ1) is 12.3. The molecule has 1 aromatic rings. The van der Waals surface area contributed by atoms with Crippen LogP contribution in [-0.2, 0) is 15.5 Å². The molecule has 0 bridgehead atoms. The van der Waals surface area contributed by atoms with Crippen molar-refractivity contribution in [3.8, 4) is 5.75 Å². The topological polar surface area (TPSA) is 43.4 Å². The molecule has 0 amide bonds. The molecule has 1 rings (SSSR count). The summed E-state index contributed by atoms with van der Waals surface area (Å²) in [7, 11) is 2.52. The Balaban J connectivity index is 3.45. The summed E-state index contributed by atoms with van der Waals surface area (Å²) in [5.74, 6) is -0.437. The molecule has 84 valence electrons. The van der Waals surface area contributed by atoms with E-state index in [2.05, 4.69) is 0 Å². The van der Waals surface area contributed by atoms with Crippen LogP contribution in [0, 0.1) is 5.82 Å². The van der Waals surface area contributed by atoms with Crippen molar-refractivity contribution in [1.29, 1.82) is 0 Å². The highest BCUT2D eigenvalue weighted by molar-refractivity contribution is 8.13. The van der Waals surface area contributed by atoms with Crippen LogP contribution >= 0.6 is 10.7 Å². The van der Waals surface area contributed by atoms with Crippen molar-refractivity contribution in [1.82, 2.24) is 0 Å². The van der Waals surface area contributed by atoms with E-state index in [0.29, 0.717) is 12.0 Å². The van der Waals surface area contributed by atoms with Crippen LogP contribution in [0.2, 0.25) is 0 Å². The van der Waals surface area contributed by atoms with Crippen molar-refractivity contribution in [3.05, 3.63) is 23.5 Å². The van der Waals surface area contributed by atoms with Crippen LogP contribution < -0.4 is 4.74 Å². The van der Waals surface area contributed by atoms with Gasteiger partial charge in [-0.25, -0.2) is 12.8 Å². The summed E-state index contributed by atoms with van der Waals surface area (Å²) in [6, 6.07) is 2.11. The second-order valence-electron chi connectivity index (χ2n) is 2.88. The van der Waals surface area contributed by atoms with Crippen molar-refractivity contribution in [2.24, 2.45) is 0 Å². The molecule has 0 radical (unpaired) electrons. The Labute approximate surface area is 92.2 Å². The molecule has 0 aliphatic carbocycles. The molecular weight excluding hydrogens is 243 g/mol. The van der Waals surface area contributed by atoms with Crippen molar-refractivity contribution in [3.63, 3.8) is 0 Å². The van der Waals surface area contributed by atoms with E-state index in [1.54, 1.807) is 6.92 Å². The lowest BCUT2D eigenvalue weighted by atomic mass is 10.1. The van der Waals surface area contributed by atoms with Gasteiger partial charge in [-0.1, -0.05) is 6.92 Å². The van der Waals surface area contributed by atoms with E-state index in [1.807, 2.05) is 0 Å². The average Bonchev–Trinajstić information content (AvgIpc) is 2.15. The zero-order valence-electron chi connectivity index (χ0n) is 8.25. The van der Waals surface area contributed by atoms with E-state index in [1.165, 1.54) is 13.2 Å². The van der Waals surface area contributed by atoms with Crippen molar-refractivity contribution >= 4 is 19.7 Å². The third kappa shape index (κ3) is 2.60. The minimum Gasteiger partial charge on any atom is -0.496 e. The summed E-state index contributed by atoms with van der Waals surface area (Å²) in [5.41, 5.74) is 0.335. The van der Waals surface area contributed by atoms with E-state index in [4.69, 9.17) is 15.4 Å². The lowest BCUT2D eigenvalue weighted by molar-refractivity contribution is 0.403. The molecule has 0 heterocycles. The first-order valence-corrected chi connectivity index (χ1v) is 6.52. The van der Waals surface area contributed by atoms with Gasteiger partial charge in [0.05, 0.1) is 12.0 Å². The molecule has 15 heavy (non-hydrogen) atoms. The average molecular weight is 253 g/mol. The smallest absolute Gasteiger partial charge is 0.261 e. The number of rotatable bonds is 3. The van der Waals surface area contributed by atoms with Gasteiger partial charge in [0.25, 0.3) is 9.05 Å². The van der Waals surface area contributed by atoms with Crippen LogP contribution in [0.1, 0.15) is 12.5 Å². The maximum atomic E-state index is 13.4. The van der Waals surface area contributed by atoms with Gasteiger partial charge in [-0.2, -0.15) is 0 Å². The summed E-state index contributed by atoms with van der Waals surface area (Å²) in [6.45, 7) is 1.75. The molecule has 0 fully saturated rings. The van der Waals surface area contributed by atoms with Gasteiger partial charge < -0.3 is 4.74 Å². The van der Waals surface area contributed by atoms with E-state index < -0.39 is 14.9 Å². The normalized spacial score (nSPS) is 11.5. The third-order valence-electron chi connectivity index (χ3n) is 1.98. The quantitative estimate of drug-likeness (QED) is 0.776. The Morgan fingerprint density at radius 3 is 2.47 bits per heavy atom. The molecule has 3 nitrogen and oxygen atoms in total. The van der Waals surface area contributed by atoms with Gasteiger partial charge in [0.2, 0.25) is 0 Å². The van der Waals surface area contributed by atoms with Crippen molar-refractivity contribution in [2.45, 2.75) is 18.2 Å². The van der Waals surface area contributed by atoms with E-state index in [-0.39, 0.29) is 10.6 Å². The second kappa shape index (κ2) is 4.37. The number of halogens is 2. The minimum absolute atomic E-state index is 0.191. The molecule has 0 aliphatic rings. The maximum absolute atomic E-state index is 13.4. The van der Waals surface area contributed by atoms with Crippen LogP contribution in [0.3, 0.4) is 0 Å². The molecule has 0 aliphatic heterocycles. The van der Waals surface area contributed by atoms with Crippen molar-refractivity contribution in [2.75, 3.05) is 7.11 Å². The SMILES string of the molecule is CCc1c(F)cc(S(=O)(=O)Cl)cc1OC. The lowest BCUT2D eigenvalue weighted by Crippen LogP contribution is -1.99. The molecule has 6 heteroatoms. The molecule has 0 saturated heterocycles. The van der Waals surface area contributed by atoms with Crippen LogP contribution in [-0.4, -0.2) is 15.5 Å². The summed E-state index contributed by atoms with van der Waals surface area (Å²) >= 11 is 0. The van der Waals surface area contributed by atoms with Gasteiger partial charge in [0, 0.05) is 22.3 Å². The minimum atomic E-state index is -3.93. The monoisotopic (exact) mass is 252 g/mol. The largest absolute Gasteiger partial charge is 0.496 e. The molecule has 0 atom stereocenters. The van der Waals surface area contributed by atoms with Crippen molar-refractivity contribution < 1.29 is 17.5 Å². The zero-order chi connectivity index (χ0) is 11.6. The highest BCUT2D eigenvalue weighted by Gasteiger charge is 2.17. The fourth-order valence-electron chi connectivity index (χ4n) is 1.25. The second-order valence-corrected chi connectivity index (χ2v) is 5.44. The molecule has 0 unspecified atom stereocenters. The lowest BCUT2D eigenvalue weighted by Gasteiger charge is -2.09. The van der Waals surface area contributed by atoms with Gasteiger partial charge in [0.1, 0.15) is 11.6 Å². The molecule has 1 aromatic carbocycles. The number of benzene rings is 1. The number of methoxy groups -OCH3 is 1. The van der Waals surface area contributed by atoms with Gasteiger partial charge in [-0.3, -0.25) is 0 Å². The van der Waals surface area contributed by atoms with Crippen LogP contribution in [0.25, 0.3) is 0 Å². The Bertz CT molecular complexity index is 470. The number of ether oxygens (including phenoxy) is 1. The van der Waals surface area contributed by atoms with Crippen LogP contribution in [0.5, 0.6) is 5.75 Å².